The largest absolute Gasteiger partial charge is 0.481 e. The highest BCUT2D eigenvalue weighted by Gasteiger charge is 2.28. The second-order valence-corrected chi connectivity index (χ2v) is 8.79. The summed E-state index contributed by atoms with van der Waals surface area (Å²) < 4.78 is 6.07. The fourth-order valence-electron chi connectivity index (χ4n) is 4.38. The normalized spacial score (nSPS) is 12.8. The molecule has 0 aliphatic rings. The Morgan fingerprint density at radius 1 is 0.800 bits per heavy atom. The van der Waals surface area contributed by atoms with E-state index in [1.807, 2.05) is 91.9 Å². The Hall–Kier alpha value is -3.89. The standard InChI is InChI=1S/C31H31NO3/c1-23-11-9-10-16-30(23)35-28-19-17-27(18-20-28)29(21-31(33)34)32(22-25-12-5-3-6-13-25)24(2)26-14-7-4-8-15-26/h3-20,24,29H,21-22H2,1-2H3,(H,33,34)/t24-,29+/m1/s1. The number of rotatable bonds is 10. The number of ether oxygens (including phenoxy) is 1. The fraction of sp³-hybridized carbons (Fsp3) is 0.194. The lowest BCUT2D eigenvalue weighted by Crippen LogP contribution is -2.32. The SMILES string of the molecule is Cc1ccccc1Oc1ccc([C@H](CC(=O)O)N(Cc2ccccc2)[C@H](C)c2ccccc2)cc1. The summed E-state index contributed by atoms with van der Waals surface area (Å²) in [5.74, 6) is 0.710. The third kappa shape index (κ3) is 6.37. The number of carboxylic acids is 1. The number of carbonyl (C=O) groups is 1. The lowest BCUT2D eigenvalue weighted by molar-refractivity contribution is -0.138. The van der Waals surface area contributed by atoms with Crippen LogP contribution in [0.15, 0.2) is 109 Å². The quantitative estimate of drug-likeness (QED) is 0.262. The van der Waals surface area contributed by atoms with Crippen molar-refractivity contribution in [2.24, 2.45) is 0 Å². The maximum absolute atomic E-state index is 12.0. The zero-order chi connectivity index (χ0) is 24.6. The van der Waals surface area contributed by atoms with Gasteiger partial charge in [-0.15, -0.1) is 0 Å². The topological polar surface area (TPSA) is 49.8 Å². The van der Waals surface area contributed by atoms with Crippen molar-refractivity contribution in [2.75, 3.05) is 0 Å². The molecule has 2 atom stereocenters. The van der Waals surface area contributed by atoms with E-state index >= 15 is 0 Å². The Morgan fingerprint density at radius 2 is 1.40 bits per heavy atom. The Kier molecular flexibility index (Phi) is 7.96. The van der Waals surface area contributed by atoms with Gasteiger partial charge in [0.15, 0.2) is 0 Å². The van der Waals surface area contributed by atoms with Gasteiger partial charge in [0.25, 0.3) is 0 Å². The van der Waals surface area contributed by atoms with Crippen molar-refractivity contribution in [1.82, 2.24) is 4.90 Å². The van der Waals surface area contributed by atoms with Crippen LogP contribution in [-0.4, -0.2) is 16.0 Å². The molecule has 4 aromatic carbocycles. The number of benzene rings is 4. The van der Waals surface area contributed by atoms with Crippen LogP contribution in [0.4, 0.5) is 0 Å². The van der Waals surface area contributed by atoms with Gasteiger partial charge in [0, 0.05) is 18.6 Å². The average Bonchev–Trinajstić information content (AvgIpc) is 2.88. The summed E-state index contributed by atoms with van der Waals surface area (Å²) in [5.41, 5.74) is 4.30. The molecule has 4 heteroatoms. The molecule has 0 aromatic heterocycles. The summed E-state index contributed by atoms with van der Waals surface area (Å²) in [6.07, 6.45) is 0.00199. The number of carboxylic acid groups (broad SMARTS) is 1. The molecule has 0 fully saturated rings. The van der Waals surface area contributed by atoms with E-state index in [4.69, 9.17) is 4.74 Å². The number of hydrogen-bond acceptors (Lipinski definition) is 3. The van der Waals surface area contributed by atoms with Gasteiger partial charge in [-0.25, -0.2) is 0 Å². The molecule has 0 unspecified atom stereocenters. The lowest BCUT2D eigenvalue weighted by atomic mass is 9.96. The first kappa shape index (κ1) is 24.2. The van der Waals surface area contributed by atoms with E-state index < -0.39 is 5.97 Å². The van der Waals surface area contributed by atoms with Crippen molar-refractivity contribution >= 4 is 5.97 Å². The Balaban J connectivity index is 1.67. The molecule has 0 heterocycles. The van der Waals surface area contributed by atoms with E-state index in [1.165, 1.54) is 0 Å². The predicted molar refractivity (Wildman–Crippen MR) is 140 cm³/mol. The molecule has 0 saturated carbocycles. The Bertz CT molecular complexity index is 1220. The summed E-state index contributed by atoms with van der Waals surface area (Å²) in [5, 5.41) is 9.84. The Labute approximate surface area is 207 Å². The molecule has 0 bridgehead atoms. The molecule has 0 radical (unpaired) electrons. The highest BCUT2D eigenvalue weighted by atomic mass is 16.5. The minimum absolute atomic E-state index is 0.00199. The monoisotopic (exact) mass is 465 g/mol. The molecule has 4 aromatic rings. The van der Waals surface area contributed by atoms with E-state index in [-0.39, 0.29) is 18.5 Å². The molecule has 4 nitrogen and oxygen atoms in total. The average molecular weight is 466 g/mol. The molecule has 178 valence electrons. The van der Waals surface area contributed by atoms with Crippen molar-refractivity contribution in [3.63, 3.8) is 0 Å². The fourth-order valence-corrected chi connectivity index (χ4v) is 4.38. The van der Waals surface area contributed by atoms with Crippen molar-refractivity contribution in [3.05, 3.63) is 131 Å². The molecular formula is C31H31NO3. The molecular weight excluding hydrogens is 434 g/mol. The van der Waals surface area contributed by atoms with Crippen LogP contribution < -0.4 is 4.74 Å². The second kappa shape index (κ2) is 11.5. The molecule has 1 N–H and O–H groups in total. The minimum atomic E-state index is -0.825. The van der Waals surface area contributed by atoms with Gasteiger partial charge in [-0.3, -0.25) is 9.69 Å². The van der Waals surface area contributed by atoms with Crippen LogP contribution in [0.25, 0.3) is 0 Å². The van der Waals surface area contributed by atoms with E-state index in [9.17, 15) is 9.90 Å². The Morgan fingerprint density at radius 3 is 2.03 bits per heavy atom. The first-order chi connectivity index (χ1) is 17.0. The summed E-state index contributed by atoms with van der Waals surface area (Å²) in [7, 11) is 0. The molecule has 0 aliphatic carbocycles. The first-order valence-electron chi connectivity index (χ1n) is 11.9. The van der Waals surface area contributed by atoms with Crippen molar-refractivity contribution in [2.45, 2.75) is 38.9 Å². The van der Waals surface area contributed by atoms with Crippen LogP contribution in [0.2, 0.25) is 0 Å². The summed E-state index contributed by atoms with van der Waals surface area (Å²) in [6, 6.07) is 35.9. The number of hydrogen-bond donors (Lipinski definition) is 1. The summed E-state index contributed by atoms with van der Waals surface area (Å²) in [6.45, 7) is 4.79. The summed E-state index contributed by atoms with van der Waals surface area (Å²) >= 11 is 0. The maximum Gasteiger partial charge on any atom is 0.305 e. The lowest BCUT2D eigenvalue weighted by Gasteiger charge is -2.36. The van der Waals surface area contributed by atoms with E-state index in [0.29, 0.717) is 6.54 Å². The van der Waals surface area contributed by atoms with Gasteiger partial charge in [0.05, 0.1) is 6.42 Å². The van der Waals surface area contributed by atoms with Crippen LogP contribution in [-0.2, 0) is 11.3 Å². The van der Waals surface area contributed by atoms with E-state index in [1.54, 1.807) is 0 Å². The molecule has 0 saturated heterocycles. The van der Waals surface area contributed by atoms with Gasteiger partial charge in [0.2, 0.25) is 0 Å². The van der Waals surface area contributed by atoms with Crippen LogP contribution in [0, 0.1) is 6.92 Å². The number of nitrogens with zero attached hydrogens (tertiary/aromatic N) is 1. The minimum Gasteiger partial charge on any atom is -0.481 e. The summed E-state index contributed by atoms with van der Waals surface area (Å²) in [4.78, 5) is 14.3. The molecule has 0 spiro atoms. The van der Waals surface area contributed by atoms with Gasteiger partial charge in [-0.2, -0.15) is 0 Å². The number of aliphatic carboxylic acids is 1. The van der Waals surface area contributed by atoms with Crippen LogP contribution >= 0.6 is 0 Å². The van der Waals surface area contributed by atoms with Gasteiger partial charge < -0.3 is 9.84 Å². The van der Waals surface area contributed by atoms with Crippen molar-refractivity contribution < 1.29 is 14.6 Å². The maximum atomic E-state index is 12.0. The van der Waals surface area contributed by atoms with Crippen molar-refractivity contribution in [1.29, 1.82) is 0 Å². The van der Waals surface area contributed by atoms with Crippen molar-refractivity contribution in [3.8, 4) is 11.5 Å². The highest BCUT2D eigenvalue weighted by Crippen LogP contribution is 2.36. The van der Waals surface area contributed by atoms with E-state index in [2.05, 4.69) is 36.1 Å². The van der Waals surface area contributed by atoms with Crippen LogP contribution in [0.3, 0.4) is 0 Å². The molecule has 0 aliphatic heterocycles. The zero-order valence-electron chi connectivity index (χ0n) is 20.2. The molecule has 0 amide bonds. The zero-order valence-corrected chi connectivity index (χ0v) is 20.2. The number of aryl methyl sites for hydroxylation is 1. The van der Waals surface area contributed by atoms with Crippen LogP contribution in [0.5, 0.6) is 11.5 Å². The number of para-hydroxylation sites is 1. The molecule has 35 heavy (non-hydrogen) atoms. The third-order valence-electron chi connectivity index (χ3n) is 6.34. The van der Waals surface area contributed by atoms with Crippen LogP contribution in [0.1, 0.15) is 47.7 Å². The molecule has 4 rings (SSSR count). The van der Waals surface area contributed by atoms with E-state index in [0.717, 1.165) is 33.8 Å². The first-order valence-corrected chi connectivity index (χ1v) is 11.9. The van der Waals surface area contributed by atoms with Gasteiger partial charge in [-0.05, 0) is 54.3 Å². The van der Waals surface area contributed by atoms with Gasteiger partial charge in [-0.1, -0.05) is 91.0 Å². The third-order valence-corrected chi connectivity index (χ3v) is 6.34. The predicted octanol–water partition coefficient (Wildman–Crippen LogP) is 7.57. The van der Waals surface area contributed by atoms with Gasteiger partial charge in [0.1, 0.15) is 11.5 Å². The van der Waals surface area contributed by atoms with Gasteiger partial charge >= 0.3 is 5.97 Å². The smallest absolute Gasteiger partial charge is 0.305 e. The highest BCUT2D eigenvalue weighted by molar-refractivity contribution is 5.68. The second-order valence-electron chi connectivity index (χ2n) is 8.79.